The quantitative estimate of drug-likeness (QED) is 0.740. The summed E-state index contributed by atoms with van der Waals surface area (Å²) in [5.41, 5.74) is 6.39. The molecule has 0 heterocycles. The van der Waals surface area contributed by atoms with Gasteiger partial charge in [0.2, 0.25) is 0 Å². The normalized spacial score (nSPS) is 12.7. The van der Waals surface area contributed by atoms with Gasteiger partial charge in [-0.05, 0) is 37.4 Å². The van der Waals surface area contributed by atoms with Crippen molar-refractivity contribution in [2.24, 2.45) is 5.92 Å². The Morgan fingerprint density at radius 3 is 2.29 bits per heavy atom. The summed E-state index contributed by atoms with van der Waals surface area (Å²) >= 11 is 0. The molecule has 0 radical (unpaired) electrons. The molecule has 0 aliphatic heterocycles. The monoisotopic (exact) mass is 236 g/mol. The molecule has 0 aliphatic carbocycles. The molecule has 17 heavy (non-hydrogen) atoms. The number of hydrogen-bond donors (Lipinski definition) is 1. The van der Waals surface area contributed by atoms with Crippen LogP contribution >= 0.6 is 0 Å². The molecule has 1 aromatic carbocycles. The molecular weight excluding hydrogens is 212 g/mol. The first-order chi connectivity index (χ1) is 8.15. The number of nitrogens with two attached hydrogens (primary N) is 1. The number of nitrogen functional groups attached to an aromatic ring is 1. The van der Waals surface area contributed by atoms with Crippen molar-refractivity contribution in [1.82, 2.24) is 4.90 Å². The Morgan fingerprint density at radius 1 is 1.18 bits per heavy atom. The van der Waals surface area contributed by atoms with Crippen LogP contribution in [0, 0.1) is 5.92 Å². The fourth-order valence-electron chi connectivity index (χ4n) is 1.78. The van der Waals surface area contributed by atoms with Crippen LogP contribution in [0.15, 0.2) is 24.3 Å². The van der Waals surface area contributed by atoms with Crippen molar-refractivity contribution in [2.75, 3.05) is 32.0 Å². The molecule has 1 unspecified atom stereocenters. The first-order valence-corrected chi connectivity index (χ1v) is 6.36. The van der Waals surface area contributed by atoms with Crippen molar-refractivity contribution in [3.05, 3.63) is 24.3 Å². The lowest BCUT2D eigenvalue weighted by Gasteiger charge is -2.22. The van der Waals surface area contributed by atoms with E-state index in [-0.39, 0.29) is 0 Å². The van der Waals surface area contributed by atoms with Gasteiger partial charge in [0.05, 0.1) is 6.61 Å². The van der Waals surface area contributed by atoms with Crippen LogP contribution in [0.25, 0.3) is 0 Å². The van der Waals surface area contributed by atoms with E-state index in [0.717, 1.165) is 37.7 Å². The van der Waals surface area contributed by atoms with Gasteiger partial charge in [-0.25, -0.2) is 0 Å². The fraction of sp³-hybridized carbons (Fsp3) is 0.571. The molecule has 0 bridgehead atoms. The largest absolute Gasteiger partial charge is 0.493 e. The summed E-state index contributed by atoms with van der Waals surface area (Å²) in [4.78, 5) is 2.41. The van der Waals surface area contributed by atoms with Gasteiger partial charge in [0.15, 0.2) is 0 Å². The van der Waals surface area contributed by atoms with Crippen LogP contribution in [-0.4, -0.2) is 31.1 Å². The van der Waals surface area contributed by atoms with Crippen LogP contribution in [-0.2, 0) is 0 Å². The molecular formula is C14H24N2O. The molecule has 0 aliphatic rings. The third kappa shape index (κ3) is 5.09. The Bertz CT molecular complexity index is 307. The fourth-order valence-corrected chi connectivity index (χ4v) is 1.78. The van der Waals surface area contributed by atoms with E-state index in [9.17, 15) is 0 Å². The highest BCUT2D eigenvalue weighted by molar-refractivity contribution is 5.41. The summed E-state index contributed by atoms with van der Waals surface area (Å²) in [7, 11) is 0. The summed E-state index contributed by atoms with van der Waals surface area (Å²) in [6.07, 6.45) is 0. The van der Waals surface area contributed by atoms with Gasteiger partial charge in [-0.15, -0.1) is 0 Å². The van der Waals surface area contributed by atoms with Crippen LogP contribution in [0.4, 0.5) is 5.69 Å². The van der Waals surface area contributed by atoms with Crippen molar-refractivity contribution in [1.29, 1.82) is 0 Å². The summed E-state index contributed by atoms with van der Waals surface area (Å²) in [5.74, 6) is 1.43. The molecule has 2 N–H and O–H groups in total. The molecule has 0 spiro atoms. The molecule has 0 amide bonds. The number of hydrogen-bond acceptors (Lipinski definition) is 3. The maximum absolute atomic E-state index is 5.73. The number of benzene rings is 1. The topological polar surface area (TPSA) is 38.5 Å². The second-order valence-electron chi connectivity index (χ2n) is 4.47. The number of ether oxygens (including phenoxy) is 1. The third-order valence-corrected chi connectivity index (χ3v) is 2.88. The van der Waals surface area contributed by atoms with Crippen LogP contribution in [0.3, 0.4) is 0 Å². The molecule has 1 aromatic rings. The first-order valence-electron chi connectivity index (χ1n) is 6.36. The zero-order valence-electron chi connectivity index (χ0n) is 11.1. The third-order valence-electron chi connectivity index (χ3n) is 2.88. The molecule has 1 rings (SSSR count). The average Bonchev–Trinajstić information content (AvgIpc) is 2.35. The lowest BCUT2D eigenvalue weighted by Crippen LogP contribution is -2.30. The number of rotatable bonds is 7. The summed E-state index contributed by atoms with van der Waals surface area (Å²) in [6, 6.07) is 7.56. The highest BCUT2D eigenvalue weighted by Gasteiger charge is 2.07. The lowest BCUT2D eigenvalue weighted by atomic mass is 10.2. The Balaban J connectivity index is 2.32. The van der Waals surface area contributed by atoms with Crippen molar-refractivity contribution >= 4 is 5.69 Å². The Morgan fingerprint density at radius 2 is 1.76 bits per heavy atom. The minimum absolute atomic E-state index is 0.535. The van der Waals surface area contributed by atoms with Crippen molar-refractivity contribution in [2.45, 2.75) is 20.8 Å². The highest BCUT2D eigenvalue weighted by atomic mass is 16.5. The van der Waals surface area contributed by atoms with E-state index in [1.54, 1.807) is 0 Å². The number of nitrogens with zero attached hydrogens (tertiary/aromatic N) is 1. The predicted octanol–water partition coefficient (Wildman–Crippen LogP) is 2.63. The van der Waals surface area contributed by atoms with Gasteiger partial charge in [0.1, 0.15) is 5.75 Å². The average molecular weight is 236 g/mol. The second-order valence-corrected chi connectivity index (χ2v) is 4.47. The van der Waals surface area contributed by atoms with Crippen LogP contribution in [0.5, 0.6) is 5.75 Å². The number of anilines is 1. The van der Waals surface area contributed by atoms with Gasteiger partial charge in [0, 0.05) is 18.2 Å². The summed E-state index contributed by atoms with van der Waals surface area (Å²) in [6.45, 7) is 10.6. The van der Waals surface area contributed by atoms with Crippen molar-refractivity contribution in [3.63, 3.8) is 0 Å². The van der Waals surface area contributed by atoms with E-state index in [1.807, 2.05) is 24.3 Å². The van der Waals surface area contributed by atoms with Crippen molar-refractivity contribution in [3.8, 4) is 5.75 Å². The van der Waals surface area contributed by atoms with Gasteiger partial charge in [-0.1, -0.05) is 20.8 Å². The zero-order valence-corrected chi connectivity index (χ0v) is 11.1. The molecule has 0 saturated carbocycles. The molecule has 1 atom stereocenters. The van der Waals surface area contributed by atoms with Crippen LogP contribution in [0.1, 0.15) is 20.8 Å². The minimum atomic E-state index is 0.535. The molecule has 3 nitrogen and oxygen atoms in total. The SMILES string of the molecule is CCN(CC)CC(C)COc1ccc(N)cc1. The maximum atomic E-state index is 5.73. The molecule has 0 saturated heterocycles. The van der Waals surface area contributed by atoms with E-state index in [2.05, 4.69) is 25.7 Å². The Kier molecular flexibility index (Phi) is 5.84. The standard InChI is InChI=1S/C14H24N2O/c1-4-16(5-2)10-12(3)11-17-14-8-6-13(15)7-9-14/h6-9,12H,4-5,10-11,15H2,1-3H3. The van der Waals surface area contributed by atoms with E-state index in [4.69, 9.17) is 10.5 Å². The van der Waals surface area contributed by atoms with E-state index < -0.39 is 0 Å². The summed E-state index contributed by atoms with van der Waals surface area (Å²) in [5, 5.41) is 0. The van der Waals surface area contributed by atoms with E-state index in [0.29, 0.717) is 5.92 Å². The summed E-state index contributed by atoms with van der Waals surface area (Å²) < 4.78 is 5.73. The smallest absolute Gasteiger partial charge is 0.119 e. The van der Waals surface area contributed by atoms with Gasteiger partial charge < -0.3 is 15.4 Å². The van der Waals surface area contributed by atoms with Gasteiger partial charge >= 0.3 is 0 Å². The molecule has 3 heteroatoms. The van der Waals surface area contributed by atoms with E-state index >= 15 is 0 Å². The van der Waals surface area contributed by atoms with Crippen LogP contribution in [0.2, 0.25) is 0 Å². The van der Waals surface area contributed by atoms with Gasteiger partial charge in [-0.3, -0.25) is 0 Å². The van der Waals surface area contributed by atoms with Crippen LogP contribution < -0.4 is 10.5 Å². The lowest BCUT2D eigenvalue weighted by molar-refractivity contribution is 0.195. The Labute approximate surface area is 105 Å². The van der Waals surface area contributed by atoms with E-state index in [1.165, 1.54) is 0 Å². The first kappa shape index (κ1) is 13.8. The van der Waals surface area contributed by atoms with Crippen molar-refractivity contribution < 1.29 is 4.74 Å². The molecule has 96 valence electrons. The zero-order chi connectivity index (χ0) is 12.7. The highest BCUT2D eigenvalue weighted by Crippen LogP contribution is 2.14. The predicted molar refractivity (Wildman–Crippen MR) is 73.3 cm³/mol. The van der Waals surface area contributed by atoms with Gasteiger partial charge in [0.25, 0.3) is 0 Å². The Hall–Kier alpha value is -1.22. The van der Waals surface area contributed by atoms with Gasteiger partial charge in [-0.2, -0.15) is 0 Å². The maximum Gasteiger partial charge on any atom is 0.119 e. The molecule has 0 aromatic heterocycles. The molecule has 0 fully saturated rings. The minimum Gasteiger partial charge on any atom is -0.493 e. The second kappa shape index (κ2) is 7.17.